The van der Waals surface area contributed by atoms with Crippen LogP contribution in [0.15, 0.2) is 24.3 Å². The van der Waals surface area contributed by atoms with Gasteiger partial charge in [0, 0.05) is 7.11 Å². The second-order valence-corrected chi connectivity index (χ2v) is 4.33. The Hall–Kier alpha value is -1.50. The Morgan fingerprint density at radius 3 is 2.94 bits per heavy atom. The van der Waals surface area contributed by atoms with Crippen molar-refractivity contribution in [3.05, 3.63) is 34.8 Å². The quantitative estimate of drug-likeness (QED) is 0.881. The molecule has 17 heavy (non-hydrogen) atoms. The summed E-state index contributed by atoms with van der Waals surface area (Å²) in [4.78, 5) is 0. The highest BCUT2D eigenvalue weighted by Crippen LogP contribution is 2.25. The number of aromatic nitrogens is 2. The maximum absolute atomic E-state index is 8.87. The van der Waals surface area contributed by atoms with E-state index in [2.05, 4.69) is 10.2 Å². The molecule has 90 valence electrons. The molecule has 0 amide bonds. The van der Waals surface area contributed by atoms with Crippen LogP contribution in [-0.2, 0) is 18.0 Å². The molecule has 1 N–H and O–H groups in total. The zero-order chi connectivity index (χ0) is 12.1. The monoisotopic (exact) mass is 252 g/mol. The van der Waals surface area contributed by atoms with Crippen LogP contribution in [0.3, 0.4) is 0 Å². The van der Waals surface area contributed by atoms with Gasteiger partial charge in [0.1, 0.15) is 10.8 Å². The van der Waals surface area contributed by atoms with Gasteiger partial charge in [0.2, 0.25) is 0 Å². The van der Waals surface area contributed by atoms with E-state index in [-0.39, 0.29) is 6.61 Å². The molecule has 0 spiro atoms. The van der Waals surface area contributed by atoms with Gasteiger partial charge in [-0.2, -0.15) is 0 Å². The average molecular weight is 252 g/mol. The number of hydrogen-bond donors (Lipinski definition) is 1. The molecule has 0 fully saturated rings. The highest BCUT2D eigenvalue weighted by molar-refractivity contribution is 7.13. The zero-order valence-corrected chi connectivity index (χ0v) is 10.1. The van der Waals surface area contributed by atoms with Crippen LogP contribution in [-0.4, -0.2) is 22.4 Å². The molecule has 1 aromatic carbocycles. The second-order valence-electron chi connectivity index (χ2n) is 3.30. The first-order chi connectivity index (χ1) is 8.31. The van der Waals surface area contributed by atoms with Crippen molar-refractivity contribution in [3.8, 4) is 10.9 Å². The van der Waals surface area contributed by atoms with Gasteiger partial charge >= 0.3 is 0 Å². The molecular formula is C11H12N2O3S. The summed E-state index contributed by atoms with van der Waals surface area (Å²) < 4.78 is 10.6. The van der Waals surface area contributed by atoms with Crippen LogP contribution in [0.4, 0.5) is 0 Å². The summed E-state index contributed by atoms with van der Waals surface area (Å²) in [7, 11) is 1.64. The van der Waals surface area contributed by atoms with Crippen LogP contribution in [0.2, 0.25) is 0 Å². The summed E-state index contributed by atoms with van der Waals surface area (Å²) in [6.07, 6.45) is 0. The van der Waals surface area contributed by atoms with Crippen molar-refractivity contribution in [2.75, 3.05) is 7.11 Å². The van der Waals surface area contributed by atoms with Crippen molar-refractivity contribution in [2.45, 2.75) is 13.2 Å². The van der Waals surface area contributed by atoms with Crippen molar-refractivity contribution < 1.29 is 14.6 Å². The van der Waals surface area contributed by atoms with Gasteiger partial charge in [-0.05, 0) is 17.7 Å². The molecule has 0 saturated heterocycles. The zero-order valence-electron chi connectivity index (χ0n) is 9.29. The molecule has 2 rings (SSSR count). The summed E-state index contributed by atoms with van der Waals surface area (Å²) in [6.45, 7) is 0.417. The van der Waals surface area contributed by atoms with Crippen molar-refractivity contribution in [1.82, 2.24) is 10.2 Å². The Kier molecular flexibility index (Phi) is 4.03. The fraction of sp³-hybridized carbons (Fsp3) is 0.273. The number of rotatable bonds is 5. The van der Waals surface area contributed by atoms with Crippen molar-refractivity contribution >= 4 is 11.3 Å². The van der Waals surface area contributed by atoms with Gasteiger partial charge in [-0.3, -0.25) is 0 Å². The van der Waals surface area contributed by atoms with E-state index < -0.39 is 0 Å². The Bertz CT molecular complexity index is 487. The van der Waals surface area contributed by atoms with Gasteiger partial charge in [0.05, 0.1) is 13.2 Å². The molecule has 0 aliphatic carbocycles. The van der Waals surface area contributed by atoms with Crippen molar-refractivity contribution in [2.24, 2.45) is 0 Å². The smallest absolute Gasteiger partial charge is 0.299 e. The van der Waals surface area contributed by atoms with Crippen molar-refractivity contribution in [1.29, 1.82) is 0 Å². The van der Waals surface area contributed by atoms with E-state index in [0.29, 0.717) is 22.6 Å². The Labute approximate surface area is 103 Å². The molecule has 0 saturated carbocycles. The lowest BCUT2D eigenvalue weighted by atomic mass is 10.2. The SMILES string of the molecule is COCc1cccc(Oc2nnc(CO)s2)c1. The van der Waals surface area contributed by atoms with Crippen LogP contribution in [0.25, 0.3) is 0 Å². The first-order valence-electron chi connectivity index (χ1n) is 5.01. The number of aliphatic hydroxyl groups is 1. The van der Waals surface area contributed by atoms with E-state index in [1.165, 1.54) is 11.3 Å². The normalized spacial score (nSPS) is 10.5. The Balaban J connectivity index is 2.09. The minimum Gasteiger partial charge on any atom is -0.430 e. The lowest BCUT2D eigenvalue weighted by molar-refractivity contribution is 0.184. The maximum Gasteiger partial charge on any atom is 0.299 e. The lowest BCUT2D eigenvalue weighted by Gasteiger charge is -2.03. The van der Waals surface area contributed by atoms with E-state index in [9.17, 15) is 0 Å². The summed E-state index contributed by atoms with van der Waals surface area (Å²) in [6, 6.07) is 7.55. The van der Waals surface area contributed by atoms with Crippen LogP contribution >= 0.6 is 11.3 Å². The van der Waals surface area contributed by atoms with Crippen LogP contribution < -0.4 is 4.74 Å². The third-order valence-corrected chi connectivity index (χ3v) is 2.78. The summed E-state index contributed by atoms with van der Waals surface area (Å²) in [5.74, 6) is 0.681. The van der Waals surface area contributed by atoms with E-state index in [1.54, 1.807) is 7.11 Å². The molecule has 6 heteroatoms. The minimum absolute atomic E-state index is 0.120. The first-order valence-corrected chi connectivity index (χ1v) is 5.82. The van der Waals surface area contributed by atoms with Crippen LogP contribution in [0.1, 0.15) is 10.6 Å². The van der Waals surface area contributed by atoms with Gasteiger partial charge in [-0.1, -0.05) is 28.6 Å². The summed E-state index contributed by atoms with van der Waals surface area (Å²) in [5, 5.41) is 17.4. The van der Waals surface area contributed by atoms with Crippen molar-refractivity contribution in [3.63, 3.8) is 0 Å². The molecule has 0 bridgehead atoms. The predicted molar refractivity (Wildman–Crippen MR) is 63.1 cm³/mol. The van der Waals surface area contributed by atoms with Gasteiger partial charge in [-0.15, -0.1) is 5.10 Å². The molecule has 0 aliphatic heterocycles. The molecule has 5 nitrogen and oxygen atoms in total. The fourth-order valence-corrected chi connectivity index (χ4v) is 1.88. The number of hydrogen-bond acceptors (Lipinski definition) is 6. The first kappa shape index (κ1) is 12.0. The number of methoxy groups -OCH3 is 1. The summed E-state index contributed by atoms with van der Waals surface area (Å²) in [5.41, 5.74) is 1.02. The Morgan fingerprint density at radius 1 is 1.35 bits per heavy atom. The van der Waals surface area contributed by atoms with E-state index >= 15 is 0 Å². The molecule has 1 aromatic heterocycles. The largest absolute Gasteiger partial charge is 0.430 e. The van der Waals surface area contributed by atoms with Crippen LogP contribution in [0.5, 0.6) is 10.9 Å². The predicted octanol–water partition coefficient (Wildman–Crippen LogP) is 1.97. The molecule has 0 aliphatic rings. The molecule has 0 unspecified atom stereocenters. The van der Waals surface area contributed by atoms with Gasteiger partial charge in [0.15, 0.2) is 0 Å². The highest BCUT2D eigenvalue weighted by atomic mass is 32.1. The average Bonchev–Trinajstić information content (AvgIpc) is 2.78. The highest BCUT2D eigenvalue weighted by Gasteiger charge is 2.05. The van der Waals surface area contributed by atoms with E-state index in [1.807, 2.05) is 24.3 Å². The lowest BCUT2D eigenvalue weighted by Crippen LogP contribution is -1.89. The number of aliphatic hydroxyl groups excluding tert-OH is 1. The number of ether oxygens (including phenoxy) is 2. The third-order valence-electron chi connectivity index (χ3n) is 2.00. The summed E-state index contributed by atoms with van der Waals surface area (Å²) >= 11 is 1.22. The van der Waals surface area contributed by atoms with Crippen LogP contribution in [0, 0.1) is 0 Å². The van der Waals surface area contributed by atoms with E-state index in [0.717, 1.165) is 5.56 Å². The number of benzene rings is 1. The molecule has 0 atom stereocenters. The topological polar surface area (TPSA) is 64.5 Å². The Morgan fingerprint density at radius 2 is 2.24 bits per heavy atom. The molecule has 2 aromatic rings. The van der Waals surface area contributed by atoms with Gasteiger partial charge in [0.25, 0.3) is 5.19 Å². The molecule has 0 radical (unpaired) electrons. The third kappa shape index (κ3) is 3.23. The van der Waals surface area contributed by atoms with Gasteiger partial charge < -0.3 is 14.6 Å². The standard InChI is InChI=1S/C11H12N2O3S/c1-15-7-8-3-2-4-9(5-8)16-11-13-12-10(6-14)17-11/h2-5,14H,6-7H2,1H3. The minimum atomic E-state index is -0.120. The van der Waals surface area contributed by atoms with E-state index in [4.69, 9.17) is 14.6 Å². The molecule has 1 heterocycles. The second kappa shape index (κ2) is 5.72. The fourth-order valence-electron chi connectivity index (χ4n) is 1.31. The maximum atomic E-state index is 8.87. The molecular weight excluding hydrogens is 240 g/mol. The van der Waals surface area contributed by atoms with Gasteiger partial charge in [-0.25, -0.2) is 0 Å². The number of nitrogens with zero attached hydrogens (tertiary/aromatic N) is 2.